The lowest BCUT2D eigenvalue weighted by molar-refractivity contribution is 1.22. The van der Waals surface area contributed by atoms with Gasteiger partial charge in [0.25, 0.3) is 0 Å². The number of hydrogen-bond donors (Lipinski definition) is 0. The van der Waals surface area contributed by atoms with Crippen molar-refractivity contribution in [3.8, 4) is 11.1 Å². The molecule has 0 fully saturated rings. The summed E-state index contributed by atoms with van der Waals surface area (Å²) in [6, 6.07) is 19.3. The third-order valence-corrected chi connectivity index (χ3v) is 5.92. The summed E-state index contributed by atoms with van der Waals surface area (Å²) in [4.78, 5) is 14.1. The Morgan fingerprint density at radius 2 is 1.71 bits per heavy atom. The summed E-state index contributed by atoms with van der Waals surface area (Å²) < 4.78 is 2.19. The first kappa shape index (κ1) is 14.3. The summed E-state index contributed by atoms with van der Waals surface area (Å²) in [5.74, 6) is 0. The average Bonchev–Trinajstić information content (AvgIpc) is 3.30. The fourth-order valence-electron chi connectivity index (χ4n) is 4.69. The van der Waals surface area contributed by atoms with Crippen LogP contribution in [0.2, 0.25) is 0 Å². The molecule has 4 nitrogen and oxygen atoms in total. The van der Waals surface area contributed by atoms with Gasteiger partial charge in [0.2, 0.25) is 0 Å². The van der Waals surface area contributed by atoms with Gasteiger partial charge in [-0.2, -0.15) is 0 Å². The Bertz CT molecular complexity index is 1590. The number of nitrogens with zero attached hydrogens (tertiary/aromatic N) is 4. The van der Waals surface area contributed by atoms with Crippen LogP contribution in [0.3, 0.4) is 0 Å². The molecule has 0 N–H and O–H groups in total. The van der Waals surface area contributed by atoms with Gasteiger partial charge >= 0.3 is 0 Å². The van der Waals surface area contributed by atoms with Gasteiger partial charge in [0, 0.05) is 29.4 Å². The van der Waals surface area contributed by atoms with Gasteiger partial charge < -0.3 is 0 Å². The van der Waals surface area contributed by atoms with Crippen LogP contribution in [-0.2, 0) is 6.42 Å². The minimum atomic E-state index is 0.918. The van der Waals surface area contributed by atoms with Gasteiger partial charge in [0.1, 0.15) is 11.3 Å². The maximum atomic E-state index is 5.03. The first-order valence-corrected chi connectivity index (χ1v) is 9.42. The van der Waals surface area contributed by atoms with E-state index in [0.29, 0.717) is 0 Å². The maximum absolute atomic E-state index is 5.03. The normalized spacial score (nSPS) is 12.9. The molecule has 0 amide bonds. The first-order chi connectivity index (χ1) is 13.9. The fraction of sp³-hybridized carbons (Fsp3) is 0.0417. The minimum absolute atomic E-state index is 0.918. The summed E-state index contributed by atoms with van der Waals surface area (Å²) in [7, 11) is 0. The van der Waals surface area contributed by atoms with Crippen molar-refractivity contribution in [1.82, 2.24) is 19.4 Å². The van der Waals surface area contributed by atoms with E-state index in [1.807, 2.05) is 24.7 Å². The lowest BCUT2D eigenvalue weighted by atomic mass is 10.1. The van der Waals surface area contributed by atoms with Crippen molar-refractivity contribution in [3.05, 3.63) is 84.3 Å². The van der Waals surface area contributed by atoms with Gasteiger partial charge in [0.05, 0.1) is 11.0 Å². The minimum Gasteiger partial charge on any atom is -0.276 e. The summed E-state index contributed by atoms with van der Waals surface area (Å²) in [6.45, 7) is 0. The highest BCUT2D eigenvalue weighted by Gasteiger charge is 2.21. The fourth-order valence-corrected chi connectivity index (χ4v) is 4.69. The lowest BCUT2D eigenvalue weighted by Gasteiger charge is -2.07. The van der Waals surface area contributed by atoms with Crippen molar-refractivity contribution in [3.63, 3.8) is 0 Å². The van der Waals surface area contributed by atoms with Crippen molar-refractivity contribution in [2.45, 2.75) is 6.42 Å². The largest absolute Gasteiger partial charge is 0.276 e. The zero-order chi connectivity index (χ0) is 18.2. The van der Waals surface area contributed by atoms with E-state index in [4.69, 9.17) is 9.97 Å². The number of pyridine rings is 3. The SMILES string of the molecule is c1ccc2c(c1)Cc1cc3c(cc1-2)nc1c2cnccc2c2cccnc2n31. The van der Waals surface area contributed by atoms with E-state index in [1.54, 1.807) is 0 Å². The molecule has 0 bridgehead atoms. The highest BCUT2D eigenvalue weighted by Crippen LogP contribution is 2.40. The molecular formula is C24H14N4. The van der Waals surface area contributed by atoms with E-state index >= 15 is 0 Å². The molecular weight excluding hydrogens is 344 g/mol. The van der Waals surface area contributed by atoms with Crippen molar-refractivity contribution in [2.24, 2.45) is 0 Å². The molecule has 2 aromatic carbocycles. The maximum Gasteiger partial charge on any atom is 0.149 e. The molecule has 0 unspecified atom stereocenters. The van der Waals surface area contributed by atoms with E-state index < -0.39 is 0 Å². The number of rotatable bonds is 0. The molecule has 130 valence electrons. The Balaban J connectivity index is 1.70. The molecule has 4 aromatic heterocycles. The standard InChI is InChI=1S/C24H14N4/c1-2-5-16-14(4-1)10-15-11-22-21(12-19(15)16)27-24-20-13-25-9-7-17(20)18-6-3-8-26-23(18)28(22)24/h1-9,11-13H,10H2. The highest BCUT2D eigenvalue weighted by molar-refractivity contribution is 6.12. The van der Waals surface area contributed by atoms with Crippen LogP contribution in [0.15, 0.2) is 73.2 Å². The smallest absolute Gasteiger partial charge is 0.149 e. The summed E-state index contributed by atoms with van der Waals surface area (Å²) in [5.41, 5.74) is 9.32. The topological polar surface area (TPSA) is 43.1 Å². The molecule has 0 spiro atoms. The number of fused-ring (bicyclic) bond motifs is 11. The van der Waals surface area contributed by atoms with E-state index in [2.05, 4.69) is 57.9 Å². The third kappa shape index (κ3) is 1.68. The molecule has 0 saturated carbocycles. The van der Waals surface area contributed by atoms with Gasteiger partial charge in [-0.15, -0.1) is 0 Å². The van der Waals surface area contributed by atoms with Crippen molar-refractivity contribution in [2.75, 3.05) is 0 Å². The van der Waals surface area contributed by atoms with Crippen LogP contribution in [-0.4, -0.2) is 19.4 Å². The Hall–Kier alpha value is -3.79. The van der Waals surface area contributed by atoms with Crippen LogP contribution < -0.4 is 0 Å². The highest BCUT2D eigenvalue weighted by atomic mass is 15.1. The quantitative estimate of drug-likeness (QED) is 0.352. The number of imidazole rings is 1. The summed E-state index contributed by atoms with van der Waals surface area (Å²) in [5, 5.41) is 3.31. The number of aromatic nitrogens is 4. The molecule has 7 rings (SSSR count). The molecule has 0 atom stereocenters. The van der Waals surface area contributed by atoms with Crippen molar-refractivity contribution in [1.29, 1.82) is 0 Å². The van der Waals surface area contributed by atoms with Crippen LogP contribution in [0.4, 0.5) is 0 Å². The molecule has 4 heterocycles. The summed E-state index contributed by atoms with van der Waals surface area (Å²) >= 11 is 0. The van der Waals surface area contributed by atoms with Crippen LogP contribution in [0.1, 0.15) is 11.1 Å². The number of hydrogen-bond acceptors (Lipinski definition) is 3. The van der Waals surface area contributed by atoms with Crippen LogP contribution in [0, 0.1) is 0 Å². The van der Waals surface area contributed by atoms with E-state index in [1.165, 1.54) is 22.3 Å². The van der Waals surface area contributed by atoms with Gasteiger partial charge in [-0.1, -0.05) is 24.3 Å². The molecule has 0 radical (unpaired) electrons. The monoisotopic (exact) mass is 358 g/mol. The predicted octanol–water partition coefficient (Wildman–Crippen LogP) is 5.16. The summed E-state index contributed by atoms with van der Waals surface area (Å²) in [6.07, 6.45) is 6.56. The second kappa shape index (κ2) is 4.93. The van der Waals surface area contributed by atoms with Crippen LogP contribution in [0.5, 0.6) is 0 Å². The second-order valence-corrected chi connectivity index (χ2v) is 7.40. The van der Waals surface area contributed by atoms with Gasteiger partial charge in [0.15, 0.2) is 0 Å². The van der Waals surface area contributed by atoms with E-state index in [9.17, 15) is 0 Å². The predicted molar refractivity (Wildman–Crippen MR) is 112 cm³/mol. The Kier molecular flexibility index (Phi) is 2.51. The Labute approximate surface area is 160 Å². The zero-order valence-corrected chi connectivity index (χ0v) is 14.9. The van der Waals surface area contributed by atoms with Crippen LogP contribution >= 0.6 is 0 Å². The lowest BCUT2D eigenvalue weighted by Crippen LogP contribution is -1.94. The Morgan fingerprint density at radius 3 is 2.71 bits per heavy atom. The molecule has 28 heavy (non-hydrogen) atoms. The molecule has 0 aliphatic heterocycles. The van der Waals surface area contributed by atoms with E-state index in [-0.39, 0.29) is 0 Å². The number of benzene rings is 2. The first-order valence-electron chi connectivity index (χ1n) is 9.42. The Morgan fingerprint density at radius 1 is 0.750 bits per heavy atom. The van der Waals surface area contributed by atoms with Crippen molar-refractivity contribution >= 4 is 38.5 Å². The van der Waals surface area contributed by atoms with Gasteiger partial charge in [-0.05, 0) is 64.4 Å². The van der Waals surface area contributed by atoms with Crippen LogP contribution in [0.25, 0.3) is 49.6 Å². The molecule has 1 aliphatic carbocycles. The second-order valence-electron chi connectivity index (χ2n) is 7.40. The molecule has 1 aliphatic rings. The molecule has 4 heteroatoms. The van der Waals surface area contributed by atoms with Gasteiger partial charge in [-0.25, -0.2) is 9.97 Å². The van der Waals surface area contributed by atoms with E-state index in [0.717, 1.165) is 44.9 Å². The molecule has 0 saturated heterocycles. The molecule has 6 aromatic rings. The zero-order valence-electron chi connectivity index (χ0n) is 14.9. The third-order valence-electron chi connectivity index (χ3n) is 5.92. The van der Waals surface area contributed by atoms with Crippen molar-refractivity contribution < 1.29 is 0 Å². The van der Waals surface area contributed by atoms with Gasteiger partial charge in [-0.3, -0.25) is 9.38 Å². The average molecular weight is 358 g/mol.